The first-order valence-electron chi connectivity index (χ1n) is 5.48. The van der Waals surface area contributed by atoms with Crippen molar-refractivity contribution in [1.29, 1.82) is 0 Å². The molecule has 18 heavy (non-hydrogen) atoms. The van der Waals surface area contributed by atoms with Crippen LogP contribution in [0.5, 0.6) is 0 Å². The lowest BCUT2D eigenvalue weighted by molar-refractivity contribution is 0.373. The summed E-state index contributed by atoms with van der Waals surface area (Å²) in [4.78, 5) is 29.2. The van der Waals surface area contributed by atoms with Gasteiger partial charge in [0.25, 0.3) is 5.56 Å². The van der Waals surface area contributed by atoms with E-state index >= 15 is 0 Å². The highest BCUT2D eigenvalue weighted by atomic mass is 16.5. The highest BCUT2D eigenvalue weighted by molar-refractivity contribution is 5.04. The van der Waals surface area contributed by atoms with Crippen molar-refractivity contribution < 1.29 is 4.52 Å². The fraction of sp³-hybridized carbons (Fsp3) is 0.400. The molecule has 0 saturated heterocycles. The van der Waals surface area contributed by atoms with Crippen LogP contribution in [-0.2, 0) is 19.5 Å². The summed E-state index contributed by atoms with van der Waals surface area (Å²) in [6.07, 6.45) is 2.04. The van der Waals surface area contributed by atoms with Gasteiger partial charge in [-0.15, -0.1) is 0 Å². The molecule has 0 aliphatic rings. The van der Waals surface area contributed by atoms with Crippen LogP contribution in [0.2, 0.25) is 0 Å². The van der Waals surface area contributed by atoms with E-state index < -0.39 is 5.69 Å². The maximum absolute atomic E-state index is 11.6. The van der Waals surface area contributed by atoms with Gasteiger partial charge in [-0.2, -0.15) is 4.98 Å². The molecule has 0 spiro atoms. The zero-order valence-electron chi connectivity index (χ0n) is 9.84. The van der Waals surface area contributed by atoms with Gasteiger partial charge < -0.3 is 10.3 Å². The summed E-state index contributed by atoms with van der Waals surface area (Å²) in [5, 5.41) is 3.68. The first-order chi connectivity index (χ1) is 8.63. The van der Waals surface area contributed by atoms with Crippen molar-refractivity contribution in [3.05, 3.63) is 44.3 Å². The summed E-state index contributed by atoms with van der Waals surface area (Å²) in [5.41, 5.74) is 5.00. The van der Waals surface area contributed by atoms with E-state index in [2.05, 4.69) is 15.1 Å². The minimum absolute atomic E-state index is 0.131. The Hall–Kier alpha value is -2.22. The van der Waals surface area contributed by atoms with E-state index in [1.165, 1.54) is 10.8 Å². The predicted octanol–water partition coefficient (Wildman–Crippen LogP) is -1.01. The minimum Gasteiger partial charge on any atom is -0.338 e. The van der Waals surface area contributed by atoms with Gasteiger partial charge in [-0.3, -0.25) is 14.3 Å². The maximum atomic E-state index is 11.6. The molecule has 0 aliphatic heterocycles. The number of aromatic nitrogens is 4. The number of nitrogens with two attached hydrogens (primary N) is 1. The molecule has 2 heterocycles. The average Bonchev–Trinajstić information content (AvgIpc) is 2.80. The average molecular weight is 251 g/mol. The lowest BCUT2D eigenvalue weighted by Gasteiger charge is -2.03. The molecule has 0 radical (unpaired) electrons. The molecular weight excluding hydrogens is 238 g/mol. The molecule has 2 aromatic heterocycles. The molecule has 8 heteroatoms. The Bertz CT molecular complexity index is 654. The summed E-state index contributed by atoms with van der Waals surface area (Å²) in [6.45, 7) is 2.11. The third kappa shape index (κ3) is 2.38. The summed E-state index contributed by atoms with van der Waals surface area (Å²) in [7, 11) is 0. The van der Waals surface area contributed by atoms with E-state index in [1.54, 1.807) is 0 Å². The summed E-state index contributed by atoms with van der Waals surface area (Å²) < 4.78 is 6.16. The van der Waals surface area contributed by atoms with E-state index in [9.17, 15) is 9.59 Å². The summed E-state index contributed by atoms with van der Waals surface area (Å²) >= 11 is 0. The van der Waals surface area contributed by atoms with Gasteiger partial charge >= 0.3 is 5.69 Å². The van der Waals surface area contributed by atoms with Gasteiger partial charge in [0.2, 0.25) is 5.89 Å². The van der Waals surface area contributed by atoms with Gasteiger partial charge in [0, 0.05) is 11.8 Å². The van der Waals surface area contributed by atoms with E-state index in [-0.39, 0.29) is 18.6 Å². The zero-order valence-corrected chi connectivity index (χ0v) is 9.84. The topological polar surface area (TPSA) is 120 Å². The third-order valence-electron chi connectivity index (χ3n) is 2.46. The predicted molar refractivity (Wildman–Crippen MR) is 62.0 cm³/mol. The standard InChI is InChI=1S/C10H13N5O3/c1-2-6-4-15(10(17)13-9(6)16)5-7-12-8(3-11)18-14-7/h4H,2-3,5,11H2,1H3,(H,13,16,17). The van der Waals surface area contributed by atoms with Crippen molar-refractivity contribution >= 4 is 0 Å². The molecule has 2 aromatic rings. The molecule has 0 fully saturated rings. The van der Waals surface area contributed by atoms with Crippen LogP contribution < -0.4 is 17.0 Å². The SMILES string of the molecule is CCc1cn(Cc2noc(CN)n2)c(=O)[nH]c1=O. The van der Waals surface area contributed by atoms with Crippen molar-refractivity contribution in [1.82, 2.24) is 19.7 Å². The first-order valence-corrected chi connectivity index (χ1v) is 5.48. The summed E-state index contributed by atoms with van der Waals surface area (Å²) in [5.74, 6) is 0.643. The van der Waals surface area contributed by atoms with Crippen LogP contribution >= 0.6 is 0 Å². The van der Waals surface area contributed by atoms with Crippen molar-refractivity contribution in [2.45, 2.75) is 26.4 Å². The van der Waals surface area contributed by atoms with Crippen LogP contribution in [0.4, 0.5) is 0 Å². The molecule has 0 unspecified atom stereocenters. The molecule has 3 N–H and O–H groups in total. The highest BCUT2D eigenvalue weighted by Gasteiger charge is 2.08. The normalized spacial score (nSPS) is 10.8. The number of nitrogens with zero attached hydrogens (tertiary/aromatic N) is 3. The Kier molecular flexibility index (Phi) is 3.38. The van der Waals surface area contributed by atoms with Crippen LogP contribution in [0.3, 0.4) is 0 Å². The first kappa shape index (κ1) is 12.2. The summed E-state index contributed by atoms with van der Waals surface area (Å²) in [6, 6.07) is 0. The van der Waals surface area contributed by atoms with Gasteiger partial charge in [0.05, 0.1) is 13.1 Å². The molecule has 0 saturated carbocycles. The number of H-pyrrole nitrogens is 1. The van der Waals surface area contributed by atoms with Crippen molar-refractivity contribution in [3.8, 4) is 0 Å². The second-order valence-corrected chi connectivity index (χ2v) is 3.70. The Morgan fingerprint density at radius 3 is 2.89 bits per heavy atom. The number of nitrogens with one attached hydrogen (secondary N) is 1. The monoisotopic (exact) mass is 251 g/mol. The molecule has 2 rings (SSSR count). The zero-order chi connectivity index (χ0) is 13.1. The van der Waals surface area contributed by atoms with Gasteiger partial charge in [0.1, 0.15) is 0 Å². The number of aromatic amines is 1. The van der Waals surface area contributed by atoms with Crippen LogP contribution in [0.25, 0.3) is 0 Å². The number of hydrogen-bond acceptors (Lipinski definition) is 6. The minimum atomic E-state index is -0.503. The smallest absolute Gasteiger partial charge is 0.328 e. The fourth-order valence-corrected chi connectivity index (χ4v) is 1.51. The second kappa shape index (κ2) is 4.96. The molecule has 0 atom stereocenters. The van der Waals surface area contributed by atoms with Gasteiger partial charge in [-0.25, -0.2) is 4.79 Å². The lowest BCUT2D eigenvalue weighted by atomic mass is 10.3. The molecule has 0 aliphatic carbocycles. The van der Waals surface area contributed by atoms with Gasteiger partial charge in [-0.1, -0.05) is 12.1 Å². The van der Waals surface area contributed by atoms with E-state index in [0.717, 1.165) is 0 Å². The number of rotatable bonds is 4. The molecule has 0 bridgehead atoms. The van der Waals surface area contributed by atoms with Crippen LogP contribution in [0.15, 0.2) is 20.3 Å². The Balaban J connectivity index is 2.34. The van der Waals surface area contributed by atoms with Gasteiger partial charge in [0.15, 0.2) is 5.82 Å². The van der Waals surface area contributed by atoms with E-state index in [0.29, 0.717) is 23.7 Å². The molecule has 96 valence electrons. The van der Waals surface area contributed by atoms with Crippen molar-refractivity contribution in [3.63, 3.8) is 0 Å². The molecule has 0 amide bonds. The third-order valence-corrected chi connectivity index (χ3v) is 2.46. The fourth-order valence-electron chi connectivity index (χ4n) is 1.51. The quantitative estimate of drug-likeness (QED) is 0.718. The maximum Gasteiger partial charge on any atom is 0.328 e. The Morgan fingerprint density at radius 1 is 1.50 bits per heavy atom. The van der Waals surface area contributed by atoms with Crippen molar-refractivity contribution in [2.24, 2.45) is 5.73 Å². The molecule has 8 nitrogen and oxygen atoms in total. The van der Waals surface area contributed by atoms with Crippen LogP contribution in [0.1, 0.15) is 24.2 Å². The second-order valence-electron chi connectivity index (χ2n) is 3.70. The number of hydrogen-bond donors (Lipinski definition) is 2. The van der Waals surface area contributed by atoms with E-state index in [1.807, 2.05) is 6.92 Å². The Morgan fingerprint density at radius 2 is 2.28 bits per heavy atom. The largest absolute Gasteiger partial charge is 0.338 e. The van der Waals surface area contributed by atoms with Crippen LogP contribution in [0, 0.1) is 0 Å². The Labute approximate surface area is 101 Å². The number of aryl methyl sites for hydroxylation is 1. The van der Waals surface area contributed by atoms with Crippen molar-refractivity contribution in [2.75, 3.05) is 0 Å². The highest BCUT2D eigenvalue weighted by Crippen LogP contribution is 1.98. The van der Waals surface area contributed by atoms with Gasteiger partial charge in [-0.05, 0) is 6.42 Å². The molecular formula is C10H13N5O3. The van der Waals surface area contributed by atoms with E-state index in [4.69, 9.17) is 10.3 Å². The lowest BCUT2D eigenvalue weighted by Crippen LogP contribution is -2.32. The van der Waals surface area contributed by atoms with Crippen LogP contribution in [-0.4, -0.2) is 19.7 Å². The molecule has 0 aromatic carbocycles.